The average molecular weight is 611 g/mol. The summed E-state index contributed by atoms with van der Waals surface area (Å²) in [5.41, 5.74) is -0.357. The summed E-state index contributed by atoms with van der Waals surface area (Å²) in [7, 11) is 2.46. The van der Waals surface area contributed by atoms with Gasteiger partial charge in [-0.3, -0.25) is 9.59 Å². The molecule has 0 saturated heterocycles. The Kier molecular flexibility index (Phi) is 8.46. The second-order valence-electron chi connectivity index (χ2n) is 11.1. The van der Waals surface area contributed by atoms with E-state index in [1.807, 2.05) is 24.3 Å². The zero-order valence-corrected chi connectivity index (χ0v) is 25.3. The van der Waals surface area contributed by atoms with Gasteiger partial charge in [0, 0.05) is 35.1 Å². The van der Waals surface area contributed by atoms with Crippen LogP contribution in [-0.4, -0.2) is 48.2 Å². The molecular formula is C35H34N2O8. The van der Waals surface area contributed by atoms with E-state index < -0.39 is 35.0 Å². The summed E-state index contributed by atoms with van der Waals surface area (Å²) in [5.74, 6) is -2.45. The predicted molar refractivity (Wildman–Crippen MR) is 166 cm³/mol. The number of hydrogen-bond acceptors (Lipinski definition) is 8. The number of anilines is 2. The molecule has 0 spiro atoms. The number of para-hydroxylation sites is 2. The van der Waals surface area contributed by atoms with E-state index in [4.69, 9.17) is 9.47 Å². The molecule has 0 fully saturated rings. The Morgan fingerprint density at radius 3 is 1.58 bits per heavy atom. The van der Waals surface area contributed by atoms with E-state index in [0.717, 1.165) is 11.1 Å². The number of fused-ring (bicyclic) bond motifs is 2. The molecule has 2 unspecified atom stereocenters. The van der Waals surface area contributed by atoms with Crippen molar-refractivity contribution in [3.05, 3.63) is 119 Å². The van der Waals surface area contributed by atoms with Gasteiger partial charge < -0.3 is 29.5 Å². The summed E-state index contributed by atoms with van der Waals surface area (Å²) in [6.07, 6.45) is 0.991. The second-order valence-corrected chi connectivity index (χ2v) is 11.1. The van der Waals surface area contributed by atoms with Crippen LogP contribution in [0.4, 0.5) is 11.4 Å². The van der Waals surface area contributed by atoms with Crippen molar-refractivity contribution in [3.63, 3.8) is 0 Å². The van der Waals surface area contributed by atoms with E-state index >= 15 is 0 Å². The van der Waals surface area contributed by atoms with Gasteiger partial charge in [0.2, 0.25) is 0 Å². The molecule has 45 heavy (non-hydrogen) atoms. The molecule has 3 aromatic rings. The van der Waals surface area contributed by atoms with Gasteiger partial charge in [0.25, 0.3) is 11.8 Å². The van der Waals surface area contributed by atoms with Crippen LogP contribution in [-0.2, 0) is 52.9 Å². The Hall–Kier alpha value is -5.06. The van der Waals surface area contributed by atoms with Crippen LogP contribution < -0.4 is 9.80 Å². The highest BCUT2D eigenvalue weighted by molar-refractivity contribution is 6.08. The fraction of sp³-hybridized carbons (Fsp3) is 0.257. The lowest BCUT2D eigenvalue weighted by molar-refractivity contribution is -0.141. The van der Waals surface area contributed by atoms with Crippen LogP contribution >= 0.6 is 0 Å². The van der Waals surface area contributed by atoms with Crippen LogP contribution in [0.15, 0.2) is 96.6 Å². The third kappa shape index (κ3) is 5.43. The molecule has 232 valence electrons. The molecule has 2 heterocycles. The van der Waals surface area contributed by atoms with Gasteiger partial charge in [-0.15, -0.1) is 0 Å². The van der Waals surface area contributed by atoms with Crippen LogP contribution in [0.5, 0.6) is 0 Å². The predicted octanol–water partition coefficient (Wildman–Crippen LogP) is 3.78. The molecule has 2 N–H and O–H groups in total. The van der Waals surface area contributed by atoms with E-state index in [9.17, 15) is 29.4 Å². The summed E-state index contributed by atoms with van der Waals surface area (Å²) < 4.78 is 9.54. The molecule has 0 saturated carbocycles. The Balaban J connectivity index is 1.36. The Morgan fingerprint density at radius 2 is 1.16 bits per heavy atom. The number of benzene rings is 3. The number of carbonyl (C=O) groups excluding carboxylic acids is 4. The number of ether oxygens (including phenoxy) is 2. The zero-order chi connectivity index (χ0) is 32.5. The lowest BCUT2D eigenvalue weighted by atomic mass is 9.88. The number of esters is 2. The van der Waals surface area contributed by atoms with Crippen molar-refractivity contribution in [3.8, 4) is 0 Å². The normalized spacial score (nSPS) is 20.6. The molecule has 10 nitrogen and oxygen atoms in total. The Labute approximate surface area is 260 Å². The highest BCUT2D eigenvalue weighted by atomic mass is 16.5. The first kappa shape index (κ1) is 31.4. The van der Waals surface area contributed by atoms with Crippen LogP contribution in [0.25, 0.3) is 0 Å². The van der Waals surface area contributed by atoms with E-state index in [0.29, 0.717) is 22.5 Å². The first-order valence-corrected chi connectivity index (χ1v) is 14.3. The summed E-state index contributed by atoms with van der Waals surface area (Å²) in [5, 5.41) is 23.1. The quantitative estimate of drug-likeness (QED) is 0.262. The number of carbonyl (C=O) groups is 4. The first-order valence-electron chi connectivity index (χ1n) is 14.3. The van der Waals surface area contributed by atoms with Crippen molar-refractivity contribution in [2.45, 2.75) is 44.1 Å². The Bertz CT molecular complexity index is 1730. The van der Waals surface area contributed by atoms with Crippen molar-refractivity contribution in [2.24, 2.45) is 0 Å². The largest absolute Gasteiger partial charge is 0.466 e. The van der Waals surface area contributed by atoms with Crippen molar-refractivity contribution >= 4 is 35.1 Å². The van der Waals surface area contributed by atoms with Gasteiger partial charge in [-0.05, 0) is 30.2 Å². The number of amides is 2. The highest BCUT2D eigenvalue weighted by Crippen LogP contribution is 2.46. The van der Waals surface area contributed by atoms with Crippen molar-refractivity contribution in [1.82, 2.24) is 0 Å². The summed E-state index contributed by atoms with van der Waals surface area (Å²) >= 11 is 0. The van der Waals surface area contributed by atoms with E-state index in [2.05, 4.69) is 6.58 Å². The average Bonchev–Trinajstić information content (AvgIpc) is 3.39. The molecule has 2 amide bonds. The minimum Gasteiger partial charge on any atom is -0.466 e. The van der Waals surface area contributed by atoms with Crippen LogP contribution in [0.1, 0.15) is 42.0 Å². The standard InChI is InChI=1S/C35H34N2O8/c1-5-25(31(39)45-4)19-35(43)27-11-7-9-13-29(27)37(33(35)41)21-24-16-14-23(15-17-24)20-36-28-12-8-6-10-26(28)34(42,32(36)40)18-22(2)30(38)44-3/h5-17,42-43H,2,18-21H2,1,3-4H3/b25-5-. The van der Waals surface area contributed by atoms with Crippen molar-refractivity contribution in [1.29, 1.82) is 0 Å². The zero-order valence-electron chi connectivity index (χ0n) is 25.3. The summed E-state index contributed by atoms with van der Waals surface area (Å²) in [4.78, 5) is 54.5. The highest BCUT2D eigenvalue weighted by Gasteiger charge is 2.51. The van der Waals surface area contributed by atoms with E-state index in [-0.39, 0.29) is 37.1 Å². The third-order valence-corrected chi connectivity index (χ3v) is 8.37. The molecule has 3 aromatic carbocycles. The van der Waals surface area contributed by atoms with Crippen molar-refractivity contribution in [2.75, 3.05) is 24.0 Å². The topological polar surface area (TPSA) is 134 Å². The van der Waals surface area contributed by atoms with Gasteiger partial charge in [0.15, 0.2) is 11.2 Å². The molecule has 0 aliphatic carbocycles. The molecular weight excluding hydrogens is 576 g/mol. The number of nitrogens with zero attached hydrogens (tertiary/aromatic N) is 2. The monoisotopic (exact) mass is 610 g/mol. The second kappa shape index (κ2) is 12.1. The number of rotatable bonds is 10. The minimum absolute atomic E-state index is 0.0217. The molecule has 10 heteroatoms. The summed E-state index contributed by atoms with van der Waals surface area (Å²) in [6.45, 7) is 5.64. The van der Waals surface area contributed by atoms with E-state index in [1.165, 1.54) is 30.1 Å². The first-order chi connectivity index (χ1) is 21.5. The molecule has 0 radical (unpaired) electrons. The van der Waals surface area contributed by atoms with Gasteiger partial charge in [0.05, 0.1) is 38.7 Å². The van der Waals surface area contributed by atoms with Gasteiger partial charge >= 0.3 is 11.9 Å². The van der Waals surface area contributed by atoms with E-state index in [1.54, 1.807) is 55.5 Å². The number of hydrogen-bond donors (Lipinski definition) is 2. The summed E-state index contributed by atoms with van der Waals surface area (Å²) in [6, 6.07) is 21.1. The molecule has 2 aliphatic heterocycles. The SMILES string of the molecule is C=C(CC1(O)C(=O)N(Cc2ccc(CN3C(=O)C(O)(C/C(=C/C)C(=O)OC)c4ccccc43)cc2)c2ccccc21)C(=O)OC. The van der Waals surface area contributed by atoms with Crippen LogP contribution in [0, 0.1) is 0 Å². The molecule has 0 bridgehead atoms. The van der Waals surface area contributed by atoms with Gasteiger partial charge in [-0.2, -0.15) is 0 Å². The molecule has 2 aliphatic rings. The Morgan fingerprint density at radius 1 is 0.733 bits per heavy atom. The van der Waals surface area contributed by atoms with Gasteiger partial charge in [0.1, 0.15) is 0 Å². The van der Waals surface area contributed by atoms with Gasteiger partial charge in [-0.25, -0.2) is 9.59 Å². The maximum absolute atomic E-state index is 13.7. The lowest BCUT2D eigenvalue weighted by Crippen LogP contribution is -2.41. The van der Waals surface area contributed by atoms with Crippen LogP contribution in [0.2, 0.25) is 0 Å². The van der Waals surface area contributed by atoms with Crippen molar-refractivity contribution < 1.29 is 38.9 Å². The maximum Gasteiger partial charge on any atom is 0.333 e. The van der Waals surface area contributed by atoms with Crippen LogP contribution in [0.3, 0.4) is 0 Å². The third-order valence-electron chi connectivity index (χ3n) is 8.37. The smallest absolute Gasteiger partial charge is 0.333 e. The fourth-order valence-corrected chi connectivity index (χ4v) is 6.01. The fourth-order valence-electron chi connectivity index (χ4n) is 6.01. The minimum atomic E-state index is -1.97. The maximum atomic E-state index is 13.7. The lowest BCUT2D eigenvalue weighted by Gasteiger charge is -2.24. The number of allylic oxidation sites excluding steroid dienone is 1. The van der Waals surface area contributed by atoms with Gasteiger partial charge in [-0.1, -0.05) is 73.3 Å². The number of aliphatic hydroxyl groups is 2. The molecule has 5 rings (SSSR count). The number of methoxy groups -OCH3 is 2. The molecule has 0 aromatic heterocycles. The molecule has 2 atom stereocenters.